The summed E-state index contributed by atoms with van der Waals surface area (Å²) in [6, 6.07) is 1.56. The molecule has 0 aromatic carbocycles. The highest BCUT2D eigenvalue weighted by Gasteiger charge is 2.11. The summed E-state index contributed by atoms with van der Waals surface area (Å²) < 4.78 is 1.80. The molecule has 1 heterocycles. The molecule has 0 fully saturated rings. The lowest BCUT2D eigenvalue weighted by Crippen LogP contribution is -2.31. The third-order valence-corrected chi connectivity index (χ3v) is 1.62. The van der Waals surface area contributed by atoms with E-state index in [1.165, 1.54) is 6.20 Å². The van der Waals surface area contributed by atoms with E-state index in [1.807, 2.05) is 20.0 Å². The number of hydrogen-bond donors (Lipinski definition) is 0. The van der Waals surface area contributed by atoms with Gasteiger partial charge in [-0.3, -0.25) is 10.1 Å². The Morgan fingerprint density at radius 3 is 2.75 bits per heavy atom. The third kappa shape index (κ3) is 1.78. The maximum atomic E-state index is 10.4. The van der Waals surface area contributed by atoms with Gasteiger partial charge in [0.1, 0.15) is 6.54 Å². The van der Waals surface area contributed by atoms with Gasteiger partial charge < -0.3 is 0 Å². The second kappa shape index (κ2) is 3.30. The van der Waals surface area contributed by atoms with Crippen LogP contribution < -0.4 is 4.57 Å². The van der Waals surface area contributed by atoms with Gasteiger partial charge in [0.2, 0.25) is 6.20 Å². The van der Waals surface area contributed by atoms with Gasteiger partial charge in [0.05, 0.1) is 4.92 Å². The molecule has 4 nitrogen and oxygen atoms in total. The zero-order chi connectivity index (χ0) is 9.14. The Hall–Kier alpha value is -1.45. The summed E-state index contributed by atoms with van der Waals surface area (Å²) in [6.45, 7) is 4.55. The Bertz CT molecular complexity index is 310. The first-order chi connectivity index (χ1) is 5.63. The van der Waals surface area contributed by atoms with E-state index in [2.05, 4.69) is 0 Å². The molecule has 0 aliphatic carbocycles. The summed E-state index contributed by atoms with van der Waals surface area (Å²) in [5.74, 6) is 0. The highest BCUT2D eigenvalue weighted by atomic mass is 16.6. The predicted molar refractivity (Wildman–Crippen MR) is 43.7 cm³/mol. The highest BCUT2D eigenvalue weighted by molar-refractivity contribution is 5.26. The smallest absolute Gasteiger partial charge is 0.258 e. The number of aromatic nitrogens is 1. The topological polar surface area (TPSA) is 47.0 Å². The lowest BCUT2D eigenvalue weighted by atomic mass is 10.3. The Kier molecular flexibility index (Phi) is 2.38. The Balaban J connectivity index is 3.15. The summed E-state index contributed by atoms with van der Waals surface area (Å²) in [4.78, 5) is 10.0. The van der Waals surface area contributed by atoms with Crippen LogP contribution in [0.25, 0.3) is 0 Å². The lowest BCUT2D eigenvalue weighted by molar-refractivity contribution is -0.696. The molecule has 1 rings (SSSR count). The van der Waals surface area contributed by atoms with Gasteiger partial charge in [-0.15, -0.1) is 0 Å². The monoisotopic (exact) mass is 167 g/mol. The molecule has 0 unspecified atom stereocenters. The molecule has 4 heteroatoms. The Morgan fingerprint density at radius 1 is 1.58 bits per heavy atom. The third-order valence-electron chi connectivity index (χ3n) is 1.62. The van der Waals surface area contributed by atoms with Gasteiger partial charge in [-0.25, -0.2) is 0 Å². The maximum absolute atomic E-state index is 10.4. The van der Waals surface area contributed by atoms with Gasteiger partial charge in [-0.2, -0.15) is 4.57 Å². The van der Waals surface area contributed by atoms with Crippen molar-refractivity contribution >= 4 is 5.69 Å². The molecule has 12 heavy (non-hydrogen) atoms. The number of rotatable bonds is 2. The van der Waals surface area contributed by atoms with Crippen molar-refractivity contribution in [1.82, 2.24) is 0 Å². The molecule has 0 bridgehead atoms. The van der Waals surface area contributed by atoms with Crippen LogP contribution in [0, 0.1) is 17.0 Å². The molecule has 0 saturated carbocycles. The van der Waals surface area contributed by atoms with Crippen LogP contribution in [0.2, 0.25) is 0 Å². The van der Waals surface area contributed by atoms with Crippen LogP contribution in [-0.2, 0) is 6.54 Å². The van der Waals surface area contributed by atoms with Crippen molar-refractivity contribution in [3.63, 3.8) is 0 Å². The molecular formula is C8H11N2O2+. The molecule has 64 valence electrons. The number of nitro groups is 1. The fourth-order valence-corrected chi connectivity index (χ4v) is 1.06. The van der Waals surface area contributed by atoms with E-state index in [0.717, 1.165) is 12.1 Å². The van der Waals surface area contributed by atoms with E-state index >= 15 is 0 Å². The van der Waals surface area contributed by atoms with Crippen molar-refractivity contribution in [1.29, 1.82) is 0 Å². The van der Waals surface area contributed by atoms with E-state index in [1.54, 1.807) is 10.6 Å². The minimum absolute atomic E-state index is 0.150. The van der Waals surface area contributed by atoms with Crippen LogP contribution in [0.5, 0.6) is 0 Å². The fraction of sp³-hybridized carbons (Fsp3) is 0.375. The van der Waals surface area contributed by atoms with Crippen molar-refractivity contribution in [2.75, 3.05) is 0 Å². The summed E-state index contributed by atoms with van der Waals surface area (Å²) in [5, 5.41) is 10.4. The highest BCUT2D eigenvalue weighted by Crippen LogP contribution is 2.08. The van der Waals surface area contributed by atoms with Crippen LogP contribution in [0.4, 0.5) is 5.69 Å². The van der Waals surface area contributed by atoms with Gasteiger partial charge in [-0.1, -0.05) is 0 Å². The largest absolute Gasteiger partial charge is 0.332 e. The molecule has 0 aliphatic heterocycles. The first-order valence-corrected chi connectivity index (χ1v) is 3.78. The van der Waals surface area contributed by atoms with Crippen LogP contribution in [0.15, 0.2) is 18.5 Å². The van der Waals surface area contributed by atoms with Gasteiger partial charge in [0, 0.05) is 11.6 Å². The van der Waals surface area contributed by atoms with Crippen LogP contribution in [-0.4, -0.2) is 4.92 Å². The number of pyridine rings is 1. The second-order valence-corrected chi connectivity index (χ2v) is 2.66. The molecule has 0 N–H and O–H groups in total. The molecule has 0 amide bonds. The molecule has 1 aromatic rings. The SMILES string of the molecule is CC[n+]1cc(C)cc([N+](=O)[O-])c1. The van der Waals surface area contributed by atoms with Crippen molar-refractivity contribution in [3.05, 3.63) is 34.1 Å². The minimum atomic E-state index is -0.376. The average Bonchev–Trinajstić information content (AvgIpc) is 2.03. The Labute approximate surface area is 70.6 Å². The normalized spacial score (nSPS) is 9.83. The Morgan fingerprint density at radius 2 is 2.25 bits per heavy atom. The van der Waals surface area contributed by atoms with E-state index < -0.39 is 0 Å². The van der Waals surface area contributed by atoms with Crippen molar-refractivity contribution in [2.45, 2.75) is 20.4 Å². The van der Waals surface area contributed by atoms with Gasteiger partial charge >= 0.3 is 5.69 Å². The van der Waals surface area contributed by atoms with Gasteiger partial charge in [-0.05, 0) is 13.8 Å². The zero-order valence-corrected chi connectivity index (χ0v) is 7.15. The quantitative estimate of drug-likeness (QED) is 0.377. The van der Waals surface area contributed by atoms with Crippen molar-refractivity contribution in [3.8, 4) is 0 Å². The van der Waals surface area contributed by atoms with Gasteiger partial charge in [0.25, 0.3) is 0 Å². The molecular weight excluding hydrogens is 156 g/mol. The van der Waals surface area contributed by atoms with Gasteiger partial charge in [0.15, 0.2) is 6.20 Å². The maximum Gasteiger partial charge on any atom is 0.332 e. The first-order valence-electron chi connectivity index (χ1n) is 3.78. The average molecular weight is 167 g/mol. The molecule has 1 aromatic heterocycles. The second-order valence-electron chi connectivity index (χ2n) is 2.66. The zero-order valence-electron chi connectivity index (χ0n) is 7.15. The number of nitrogens with zero attached hydrogens (tertiary/aromatic N) is 2. The summed E-state index contributed by atoms with van der Waals surface area (Å²) in [6.07, 6.45) is 3.42. The molecule has 0 radical (unpaired) electrons. The van der Waals surface area contributed by atoms with E-state index in [9.17, 15) is 10.1 Å². The van der Waals surface area contributed by atoms with E-state index in [4.69, 9.17) is 0 Å². The minimum Gasteiger partial charge on any atom is -0.258 e. The molecule has 0 aliphatic rings. The fourth-order valence-electron chi connectivity index (χ4n) is 1.06. The van der Waals surface area contributed by atoms with Crippen LogP contribution in [0.3, 0.4) is 0 Å². The molecule has 0 spiro atoms. The summed E-state index contributed by atoms with van der Waals surface area (Å²) in [5.41, 5.74) is 1.06. The van der Waals surface area contributed by atoms with Crippen LogP contribution >= 0.6 is 0 Å². The lowest BCUT2D eigenvalue weighted by Gasteiger charge is -1.93. The van der Waals surface area contributed by atoms with Crippen molar-refractivity contribution < 1.29 is 9.49 Å². The summed E-state index contributed by atoms with van der Waals surface area (Å²) in [7, 11) is 0. The first kappa shape index (κ1) is 8.64. The molecule has 0 saturated heterocycles. The van der Waals surface area contributed by atoms with Crippen LogP contribution in [0.1, 0.15) is 12.5 Å². The predicted octanol–water partition coefficient (Wildman–Crippen LogP) is 1.21. The number of aryl methyl sites for hydroxylation is 2. The molecule has 0 atom stereocenters. The van der Waals surface area contributed by atoms with E-state index in [0.29, 0.717) is 0 Å². The standard InChI is InChI=1S/C8H11N2O2/c1-3-9-5-7(2)4-8(6-9)10(11)12/h4-6H,3H2,1-2H3/q+1. The number of hydrogen-bond acceptors (Lipinski definition) is 2. The van der Waals surface area contributed by atoms with Crippen molar-refractivity contribution in [2.24, 2.45) is 0 Å². The van der Waals surface area contributed by atoms with E-state index in [-0.39, 0.29) is 10.6 Å². The summed E-state index contributed by atoms with van der Waals surface area (Å²) >= 11 is 0.